The van der Waals surface area contributed by atoms with E-state index < -0.39 is 0 Å². The van der Waals surface area contributed by atoms with Crippen molar-refractivity contribution in [1.29, 1.82) is 0 Å². The third-order valence-electron chi connectivity index (χ3n) is 8.97. The zero-order valence-electron chi connectivity index (χ0n) is 16.8. The van der Waals surface area contributed by atoms with E-state index in [1.54, 1.807) is 5.57 Å². The summed E-state index contributed by atoms with van der Waals surface area (Å²) in [5.41, 5.74) is 2.76. The maximum absolute atomic E-state index is 6.30. The molecule has 142 valence electrons. The van der Waals surface area contributed by atoms with Crippen LogP contribution in [0.1, 0.15) is 85.5 Å². The fourth-order valence-electron chi connectivity index (χ4n) is 7.24. The van der Waals surface area contributed by atoms with Crippen molar-refractivity contribution in [3.8, 4) is 0 Å². The third kappa shape index (κ3) is 2.76. The number of fused-ring (bicyclic) bond motifs is 5. The van der Waals surface area contributed by atoms with Crippen LogP contribution in [0.5, 0.6) is 0 Å². The summed E-state index contributed by atoms with van der Waals surface area (Å²) in [7, 11) is 0. The summed E-state index contributed by atoms with van der Waals surface area (Å²) in [4.78, 5) is 0. The van der Waals surface area contributed by atoms with E-state index in [4.69, 9.17) is 17.4 Å². The number of hydrogen-bond acceptors (Lipinski definition) is 2. The average molecular weight is 363 g/mol. The fourth-order valence-corrected chi connectivity index (χ4v) is 7.71. The lowest BCUT2D eigenvalue weighted by molar-refractivity contribution is -0.0864. The molecule has 0 aromatic carbocycles. The van der Waals surface area contributed by atoms with Crippen molar-refractivity contribution in [3.05, 3.63) is 11.6 Å². The van der Waals surface area contributed by atoms with Crippen molar-refractivity contribution in [2.45, 2.75) is 96.3 Å². The van der Waals surface area contributed by atoms with Crippen molar-refractivity contribution in [1.82, 2.24) is 0 Å². The highest BCUT2D eigenvalue weighted by molar-refractivity contribution is 7.81. The molecule has 25 heavy (non-hydrogen) atoms. The molecule has 0 spiro atoms. The van der Waals surface area contributed by atoms with Crippen LogP contribution in [0.15, 0.2) is 11.6 Å². The molecular weight excluding hydrogens is 324 g/mol. The van der Waals surface area contributed by atoms with Crippen molar-refractivity contribution in [3.63, 3.8) is 0 Å². The Balaban J connectivity index is 1.58. The summed E-state index contributed by atoms with van der Waals surface area (Å²) in [5.74, 6) is 2.72. The van der Waals surface area contributed by atoms with Crippen LogP contribution in [0.4, 0.5) is 0 Å². The van der Waals surface area contributed by atoms with Gasteiger partial charge in [-0.2, -0.15) is 12.6 Å². The summed E-state index contributed by atoms with van der Waals surface area (Å²) in [5, 5.41) is 0.633. The largest absolute Gasteiger partial charge is 0.375 e. The van der Waals surface area contributed by atoms with Crippen LogP contribution in [-0.2, 0) is 4.74 Å². The monoisotopic (exact) mass is 362 g/mol. The Kier molecular flexibility index (Phi) is 4.64. The summed E-state index contributed by atoms with van der Waals surface area (Å²) in [6, 6.07) is 0. The van der Waals surface area contributed by atoms with Gasteiger partial charge in [-0.3, -0.25) is 0 Å². The molecule has 2 heteroatoms. The first-order valence-corrected chi connectivity index (χ1v) is 11.4. The van der Waals surface area contributed by atoms with E-state index >= 15 is 0 Å². The summed E-state index contributed by atoms with van der Waals surface area (Å²) < 4.78 is 6.30. The van der Waals surface area contributed by atoms with Gasteiger partial charge in [0.15, 0.2) is 0 Å². The van der Waals surface area contributed by atoms with Gasteiger partial charge >= 0.3 is 0 Å². The Bertz CT molecular complexity index is 556. The van der Waals surface area contributed by atoms with Gasteiger partial charge in [-0.25, -0.2) is 0 Å². The van der Waals surface area contributed by atoms with Crippen molar-refractivity contribution < 1.29 is 4.74 Å². The number of thiol groups is 1. The van der Waals surface area contributed by atoms with Gasteiger partial charge in [0.25, 0.3) is 0 Å². The number of rotatable bonds is 3. The SMILES string of the molecule is CCCO[C@@]1(C)CC[C@@]2(C)C(=CCC3C4CCC(S)C4(C)CCC32)C1. The second kappa shape index (κ2) is 6.30. The lowest BCUT2D eigenvalue weighted by atomic mass is 9.47. The molecule has 4 aliphatic rings. The lowest BCUT2D eigenvalue weighted by Crippen LogP contribution is -2.52. The van der Waals surface area contributed by atoms with Gasteiger partial charge in [-0.1, -0.05) is 32.4 Å². The highest BCUT2D eigenvalue weighted by Gasteiger charge is 2.58. The van der Waals surface area contributed by atoms with Crippen LogP contribution in [0.25, 0.3) is 0 Å². The molecule has 7 atom stereocenters. The van der Waals surface area contributed by atoms with Crippen LogP contribution < -0.4 is 0 Å². The molecule has 1 nitrogen and oxygen atoms in total. The zero-order valence-corrected chi connectivity index (χ0v) is 17.7. The molecule has 5 unspecified atom stereocenters. The standard InChI is InChI=1S/C23H38OS/c1-5-14-24-21(2)12-13-22(3)16(15-21)6-7-17-18-8-9-20(25)23(18,4)11-10-19(17)22/h6,17-20,25H,5,7-15H2,1-4H3/t17?,18?,19?,20?,21-,22-,23?/m0/s1. The van der Waals surface area contributed by atoms with E-state index in [1.165, 1.54) is 51.4 Å². The van der Waals surface area contributed by atoms with E-state index in [0.29, 0.717) is 16.1 Å². The number of allylic oxidation sites excluding steroid dienone is 1. The van der Waals surface area contributed by atoms with Gasteiger partial charge in [-0.15, -0.1) is 0 Å². The molecule has 0 aromatic rings. The minimum absolute atomic E-state index is 0.0842. The molecule has 0 N–H and O–H groups in total. The van der Waals surface area contributed by atoms with E-state index in [0.717, 1.165) is 30.8 Å². The molecule has 0 bridgehead atoms. The Morgan fingerprint density at radius 3 is 2.64 bits per heavy atom. The van der Waals surface area contributed by atoms with Crippen LogP contribution in [-0.4, -0.2) is 17.5 Å². The summed E-state index contributed by atoms with van der Waals surface area (Å²) in [6.07, 6.45) is 14.4. The Morgan fingerprint density at radius 1 is 1.08 bits per heavy atom. The highest BCUT2D eigenvalue weighted by atomic mass is 32.1. The molecule has 4 rings (SSSR count). The number of hydrogen-bond donors (Lipinski definition) is 1. The molecule has 3 saturated carbocycles. The molecular formula is C23H38OS. The van der Waals surface area contributed by atoms with Crippen LogP contribution in [0, 0.1) is 28.6 Å². The average Bonchev–Trinajstić information content (AvgIpc) is 2.89. The Morgan fingerprint density at radius 2 is 1.88 bits per heavy atom. The summed E-state index contributed by atoms with van der Waals surface area (Å²) >= 11 is 4.99. The van der Waals surface area contributed by atoms with Crippen LogP contribution in [0.3, 0.4) is 0 Å². The van der Waals surface area contributed by atoms with Crippen LogP contribution >= 0.6 is 12.6 Å². The molecule has 3 fully saturated rings. The van der Waals surface area contributed by atoms with Crippen LogP contribution in [0.2, 0.25) is 0 Å². The molecule has 4 aliphatic carbocycles. The molecule has 0 radical (unpaired) electrons. The van der Waals surface area contributed by atoms with Gasteiger partial charge in [0.2, 0.25) is 0 Å². The minimum atomic E-state index is 0.0842. The first-order chi connectivity index (χ1) is 11.8. The molecule has 0 aromatic heterocycles. The quantitative estimate of drug-likeness (QED) is 0.449. The van der Waals surface area contributed by atoms with Gasteiger partial charge in [0, 0.05) is 11.9 Å². The fraction of sp³-hybridized carbons (Fsp3) is 0.913. The second-order valence-electron chi connectivity index (χ2n) is 10.4. The Hall–Kier alpha value is 0.0500. The van der Waals surface area contributed by atoms with Gasteiger partial charge in [0.05, 0.1) is 5.60 Å². The van der Waals surface area contributed by atoms with Crippen molar-refractivity contribution >= 4 is 12.6 Å². The predicted octanol–water partition coefficient (Wildman–Crippen LogP) is 6.43. The van der Waals surface area contributed by atoms with Crippen molar-refractivity contribution in [2.24, 2.45) is 28.6 Å². The highest BCUT2D eigenvalue weighted by Crippen LogP contribution is 2.66. The predicted molar refractivity (Wildman–Crippen MR) is 109 cm³/mol. The van der Waals surface area contributed by atoms with Gasteiger partial charge < -0.3 is 4.74 Å². The molecule has 0 heterocycles. The Labute approximate surface area is 160 Å². The minimum Gasteiger partial charge on any atom is -0.375 e. The van der Waals surface area contributed by atoms with E-state index in [1.807, 2.05) is 0 Å². The maximum Gasteiger partial charge on any atom is 0.0692 e. The zero-order chi connectivity index (χ0) is 17.9. The van der Waals surface area contributed by atoms with E-state index in [2.05, 4.69) is 33.8 Å². The second-order valence-corrected chi connectivity index (χ2v) is 11.0. The van der Waals surface area contributed by atoms with Gasteiger partial charge in [-0.05, 0) is 93.3 Å². The topological polar surface area (TPSA) is 9.23 Å². The third-order valence-corrected chi connectivity index (χ3v) is 9.82. The van der Waals surface area contributed by atoms with E-state index in [9.17, 15) is 0 Å². The maximum atomic E-state index is 6.30. The van der Waals surface area contributed by atoms with Crippen molar-refractivity contribution in [2.75, 3.05) is 6.61 Å². The van der Waals surface area contributed by atoms with E-state index in [-0.39, 0.29) is 5.60 Å². The first-order valence-electron chi connectivity index (χ1n) is 10.8. The van der Waals surface area contributed by atoms with Gasteiger partial charge in [0.1, 0.15) is 0 Å². The molecule has 0 saturated heterocycles. The first kappa shape index (κ1) is 18.4. The normalized spacial score (nSPS) is 52.1. The molecule has 0 amide bonds. The smallest absolute Gasteiger partial charge is 0.0692 e. The molecule has 0 aliphatic heterocycles. The summed E-state index contributed by atoms with van der Waals surface area (Å²) in [6.45, 7) is 10.6. The number of ether oxygens (including phenoxy) is 1. The lowest BCUT2D eigenvalue weighted by Gasteiger charge is -2.59.